The third kappa shape index (κ3) is 3.46. The highest BCUT2D eigenvalue weighted by molar-refractivity contribution is 6.08. The lowest BCUT2D eigenvalue weighted by molar-refractivity contribution is 0.161. The minimum Gasteiger partial charge on any atom is -0.404 e. The first-order valence-electron chi connectivity index (χ1n) is 4.29. The van der Waals surface area contributed by atoms with Crippen molar-refractivity contribution in [3.63, 3.8) is 0 Å². The van der Waals surface area contributed by atoms with Gasteiger partial charge >= 0.3 is 6.55 Å². The normalized spacial score (nSPS) is 12.7. The molecule has 0 saturated heterocycles. The van der Waals surface area contributed by atoms with E-state index < -0.39 is 6.55 Å². The lowest BCUT2D eigenvalue weighted by Gasteiger charge is -2.00. The number of alkyl halides is 2. The van der Waals surface area contributed by atoms with E-state index in [1.165, 1.54) is 6.20 Å². The SMILES string of the molecule is Cc1ccc(C(=C/N)/C=N/C(F)F)nc1. The van der Waals surface area contributed by atoms with Gasteiger partial charge in [-0.2, -0.15) is 8.78 Å². The molecule has 15 heavy (non-hydrogen) atoms. The van der Waals surface area contributed by atoms with E-state index >= 15 is 0 Å². The van der Waals surface area contributed by atoms with Gasteiger partial charge in [-0.05, 0) is 18.6 Å². The Kier molecular flexibility index (Phi) is 3.91. The third-order valence-corrected chi connectivity index (χ3v) is 1.71. The van der Waals surface area contributed by atoms with Crippen LogP contribution in [0.1, 0.15) is 11.3 Å². The van der Waals surface area contributed by atoms with Gasteiger partial charge in [-0.3, -0.25) is 4.98 Å². The topological polar surface area (TPSA) is 51.3 Å². The molecule has 0 radical (unpaired) electrons. The summed E-state index contributed by atoms with van der Waals surface area (Å²) >= 11 is 0. The molecule has 0 bridgehead atoms. The second kappa shape index (κ2) is 5.19. The summed E-state index contributed by atoms with van der Waals surface area (Å²) in [7, 11) is 0. The molecule has 0 atom stereocenters. The van der Waals surface area contributed by atoms with Crippen LogP contribution in [-0.2, 0) is 0 Å². The van der Waals surface area contributed by atoms with E-state index in [9.17, 15) is 8.78 Å². The van der Waals surface area contributed by atoms with Gasteiger partial charge in [-0.15, -0.1) is 0 Å². The molecule has 3 nitrogen and oxygen atoms in total. The Morgan fingerprint density at radius 3 is 2.73 bits per heavy atom. The molecule has 0 saturated carbocycles. The van der Waals surface area contributed by atoms with E-state index in [4.69, 9.17) is 5.73 Å². The standard InChI is InChI=1S/C10H11F2N3/c1-7-2-3-9(14-5-7)8(4-13)6-15-10(11)12/h2-6,10H,13H2,1H3/b8-4+,15-6+. The molecule has 0 aliphatic carbocycles. The molecule has 1 heterocycles. The van der Waals surface area contributed by atoms with E-state index in [-0.39, 0.29) is 0 Å². The summed E-state index contributed by atoms with van der Waals surface area (Å²) < 4.78 is 23.6. The van der Waals surface area contributed by atoms with Gasteiger partial charge in [0.05, 0.1) is 5.69 Å². The number of nitrogens with zero attached hydrogens (tertiary/aromatic N) is 2. The van der Waals surface area contributed by atoms with Crippen molar-refractivity contribution in [3.8, 4) is 0 Å². The number of hydrogen-bond acceptors (Lipinski definition) is 3. The van der Waals surface area contributed by atoms with Crippen molar-refractivity contribution in [3.05, 3.63) is 35.8 Å². The maximum Gasteiger partial charge on any atom is 0.331 e. The maximum absolute atomic E-state index is 11.8. The van der Waals surface area contributed by atoms with Crippen molar-refractivity contribution in [1.82, 2.24) is 4.98 Å². The van der Waals surface area contributed by atoms with Gasteiger partial charge in [0.15, 0.2) is 0 Å². The Morgan fingerprint density at radius 2 is 2.27 bits per heavy atom. The fourth-order valence-electron chi connectivity index (χ4n) is 0.970. The fraction of sp³-hybridized carbons (Fsp3) is 0.200. The van der Waals surface area contributed by atoms with Gasteiger partial charge in [-0.25, -0.2) is 4.99 Å². The Morgan fingerprint density at radius 1 is 1.53 bits per heavy atom. The second-order valence-corrected chi connectivity index (χ2v) is 2.90. The minimum atomic E-state index is -2.73. The first-order chi connectivity index (χ1) is 7.13. The van der Waals surface area contributed by atoms with Crippen LogP contribution in [0.15, 0.2) is 29.5 Å². The number of hydrogen-bond donors (Lipinski definition) is 1. The van der Waals surface area contributed by atoms with Crippen molar-refractivity contribution < 1.29 is 8.78 Å². The highest BCUT2D eigenvalue weighted by Gasteiger charge is 2.01. The van der Waals surface area contributed by atoms with Gasteiger partial charge in [0.2, 0.25) is 0 Å². The zero-order valence-electron chi connectivity index (χ0n) is 8.19. The molecule has 1 aromatic heterocycles. The smallest absolute Gasteiger partial charge is 0.331 e. The maximum atomic E-state index is 11.8. The summed E-state index contributed by atoms with van der Waals surface area (Å²) in [6.07, 6.45) is 3.85. The molecule has 1 aromatic rings. The van der Waals surface area contributed by atoms with Crippen LogP contribution < -0.4 is 5.73 Å². The third-order valence-electron chi connectivity index (χ3n) is 1.71. The highest BCUT2D eigenvalue weighted by atomic mass is 19.3. The quantitative estimate of drug-likeness (QED) is 0.614. The van der Waals surface area contributed by atoms with E-state index in [1.54, 1.807) is 12.3 Å². The predicted molar refractivity (Wildman–Crippen MR) is 55.6 cm³/mol. The molecule has 5 heteroatoms. The fourth-order valence-corrected chi connectivity index (χ4v) is 0.970. The van der Waals surface area contributed by atoms with Crippen LogP contribution in [0.5, 0.6) is 0 Å². The Hall–Kier alpha value is -1.78. The van der Waals surface area contributed by atoms with Crippen molar-refractivity contribution in [2.45, 2.75) is 13.5 Å². The molecule has 0 aliphatic rings. The minimum absolute atomic E-state index is 0.371. The number of aromatic nitrogens is 1. The monoisotopic (exact) mass is 211 g/mol. The number of pyridine rings is 1. The van der Waals surface area contributed by atoms with Gasteiger partial charge in [-0.1, -0.05) is 6.07 Å². The first kappa shape index (κ1) is 11.3. The molecule has 2 N–H and O–H groups in total. The molecule has 1 rings (SSSR count). The van der Waals surface area contributed by atoms with Gasteiger partial charge in [0.1, 0.15) is 0 Å². The Labute approximate surface area is 86.4 Å². The molecule has 0 fully saturated rings. The Balaban J connectivity index is 2.89. The Bertz CT molecular complexity index is 369. The van der Waals surface area contributed by atoms with Crippen LogP contribution in [0.25, 0.3) is 5.57 Å². The summed E-state index contributed by atoms with van der Waals surface area (Å²) in [5.41, 5.74) is 7.17. The number of rotatable bonds is 3. The predicted octanol–water partition coefficient (Wildman–Crippen LogP) is 1.98. The molecule has 80 valence electrons. The van der Waals surface area contributed by atoms with Crippen molar-refractivity contribution >= 4 is 11.8 Å². The van der Waals surface area contributed by atoms with E-state index in [2.05, 4.69) is 9.98 Å². The van der Waals surface area contributed by atoms with E-state index in [0.717, 1.165) is 11.8 Å². The zero-order valence-corrected chi connectivity index (χ0v) is 8.19. The highest BCUT2D eigenvalue weighted by Crippen LogP contribution is 2.09. The average Bonchev–Trinajstić information content (AvgIpc) is 2.21. The molecule has 0 spiro atoms. The van der Waals surface area contributed by atoms with Crippen LogP contribution in [0.3, 0.4) is 0 Å². The van der Waals surface area contributed by atoms with Crippen molar-refractivity contribution in [2.24, 2.45) is 10.7 Å². The lowest BCUT2D eigenvalue weighted by Crippen LogP contribution is -1.96. The zero-order chi connectivity index (χ0) is 11.3. The summed E-state index contributed by atoms with van der Waals surface area (Å²) in [6.45, 7) is -0.846. The molecular formula is C10H11F2N3. The van der Waals surface area contributed by atoms with Crippen molar-refractivity contribution in [2.75, 3.05) is 0 Å². The lowest BCUT2D eigenvalue weighted by atomic mass is 10.2. The molecular weight excluding hydrogens is 200 g/mol. The second-order valence-electron chi connectivity index (χ2n) is 2.90. The number of allylic oxidation sites excluding steroid dienone is 1. The molecule has 0 amide bonds. The summed E-state index contributed by atoms with van der Waals surface area (Å²) in [5.74, 6) is 0. The molecule has 0 aromatic carbocycles. The van der Waals surface area contributed by atoms with Crippen LogP contribution >= 0.6 is 0 Å². The van der Waals surface area contributed by atoms with Crippen LogP contribution in [0.4, 0.5) is 8.78 Å². The largest absolute Gasteiger partial charge is 0.404 e. The summed E-state index contributed by atoms with van der Waals surface area (Å²) in [5, 5.41) is 0. The van der Waals surface area contributed by atoms with Crippen LogP contribution in [0, 0.1) is 6.92 Å². The molecule has 0 aliphatic heterocycles. The number of nitrogens with two attached hydrogens (primary N) is 1. The van der Waals surface area contributed by atoms with Crippen LogP contribution in [-0.4, -0.2) is 17.7 Å². The number of aryl methyl sites for hydroxylation is 1. The summed E-state index contributed by atoms with van der Waals surface area (Å²) in [4.78, 5) is 6.99. The molecule has 0 unspecified atom stereocenters. The number of aliphatic imine (C=N–C) groups is 1. The van der Waals surface area contributed by atoms with E-state index in [1.807, 2.05) is 13.0 Å². The first-order valence-corrected chi connectivity index (χ1v) is 4.29. The average molecular weight is 211 g/mol. The van der Waals surface area contributed by atoms with Gasteiger partial charge in [0.25, 0.3) is 0 Å². The summed E-state index contributed by atoms with van der Waals surface area (Å²) in [6, 6.07) is 3.52. The van der Waals surface area contributed by atoms with Crippen LogP contribution in [0.2, 0.25) is 0 Å². The van der Waals surface area contributed by atoms with Gasteiger partial charge in [0, 0.05) is 24.2 Å². The van der Waals surface area contributed by atoms with Crippen molar-refractivity contribution in [1.29, 1.82) is 0 Å². The van der Waals surface area contributed by atoms with E-state index in [0.29, 0.717) is 11.3 Å². The van der Waals surface area contributed by atoms with Gasteiger partial charge < -0.3 is 5.73 Å². The number of halogens is 2.